The highest BCUT2D eigenvalue weighted by Crippen LogP contribution is 2.18. The van der Waals surface area contributed by atoms with Gasteiger partial charge in [0.1, 0.15) is 0 Å². The number of carbonyl (C=O) groups is 1. The first kappa shape index (κ1) is 16.4. The van der Waals surface area contributed by atoms with E-state index in [2.05, 4.69) is 6.92 Å². The average molecular weight is 246 g/mol. The van der Waals surface area contributed by atoms with E-state index in [9.17, 15) is 9.90 Å². The highest BCUT2D eigenvalue weighted by Gasteiger charge is 2.22. The van der Waals surface area contributed by atoms with E-state index in [-0.39, 0.29) is 11.8 Å². The summed E-state index contributed by atoms with van der Waals surface area (Å²) in [4.78, 5) is 10.9. The monoisotopic (exact) mass is 246 g/mol. The SMILES string of the molecule is CCCCOC[C@@H](O)CC[C@H](C(=O)O)C(C)C. The maximum atomic E-state index is 10.9. The first-order chi connectivity index (χ1) is 7.99. The highest BCUT2D eigenvalue weighted by atomic mass is 16.5. The standard InChI is InChI=1S/C13H26O4/c1-4-5-8-17-9-11(14)6-7-12(10(2)3)13(15)16/h10-12,14H,4-9H2,1-3H3,(H,15,16)/t11-,12-/m0/s1. The van der Waals surface area contributed by atoms with E-state index in [1.54, 1.807) is 0 Å². The zero-order chi connectivity index (χ0) is 13.3. The Morgan fingerprint density at radius 2 is 1.94 bits per heavy atom. The lowest BCUT2D eigenvalue weighted by Gasteiger charge is -2.18. The van der Waals surface area contributed by atoms with Gasteiger partial charge in [-0.15, -0.1) is 0 Å². The van der Waals surface area contributed by atoms with Gasteiger partial charge in [-0.05, 0) is 25.2 Å². The van der Waals surface area contributed by atoms with Gasteiger partial charge in [0.15, 0.2) is 0 Å². The predicted octanol–water partition coefficient (Wildman–Crippen LogP) is 2.30. The quantitative estimate of drug-likeness (QED) is 0.580. The lowest BCUT2D eigenvalue weighted by atomic mass is 9.90. The van der Waals surface area contributed by atoms with Gasteiger partial charge in [-0.2, -0.15) is 0 Å². The summed E-state index contributed by atoms with van der Waals surface area (Å²) in [6.45, 7) is 6.84. The van der Waals surface area contributed by atoms with E-state index in [1.807, 2.05) is 13.8 Å². The maximum Gasteiger partial charge on any atom is 0.306 e. The Balaban J connectivity index is 3.73. The Morgan fingerprint density at radius 1 is 1.29 bits per heavy atom. The van der Waals surface area contributed by atoms with Crippen molar-refractivity contribution in [3.05, 3.63) is 0 Å². The topological polar surface area (TPSA) is 66.8 Å². The number of unbranched alkanes of at least 4 members (excludes halogenated alkanes) is 1. The number of carboxylic acids is 1. The summed E-state index contributed by atoms with van der Waals surface area (Å²) < 4.78 is 5.29. The minimum atomic E-state index is -0.779. The maximum absolute atomic E-state index is 10.9. The summed E-state index contributed by atoms with van der Waals surface area (Å²) in [5.74, 6) is -1.06. The van der Waals surface area contributed by atoms with Gasteiger partial charge in [-0.3, -0.25) is 4.79 Å². The molecule has 0 fully saturated rings. The Bertz CT molecular complexity index is 204. The molecule has 0 saturated heterocycles. The molecule has 0 aromatic rings. The molecule has 0 aliphatic carbocycles. The van der Waals surface area contributed by atoms with Gasteiger partial charge in [0, 0.05) is 6.61 Å². The molecule has 0 unspecified atom stereocenters. The molecule has 0 spiro atoms. The molecule has 4 nitrogen and oxygen atoms in total. The summed E-state index contributed by atoms with van der Waals surface area (Å²) in [5.41, 5.74) is 0. The van der Waals surface area contributed by atoms with Crippen molar-refractivity contribution in [2.45, 2.75) is 52.6 Å². The average Bonchev–Trinajstić information content (AvgIpc) is 2.23. The second-order valence-corrected chi connectivity index (χ2v) is 4.85. The van der Waals surface area contributed by atoms with Crippen LogP contribution in [0.1, 0.15) is 46.5 Å². The van der Waals surface area contributed by atoms with Crippen LogP contribution in [0.15, 0.2) is 0 Å². The van der Waals surface area contributed by atoms with E-state index in [4.69, 9.17) is 9.84 Å². The number of aliphatic carboxylic acids is 1. The third-order valence-corrected chi connectivity index (χ3v) is 2.89. The van der Waals surface area contributed by atoms with Crippen molar-refractivity contribution in [3.63, 3.8) is 0 Å². The van der Waals surface area contributed by atoms with Crippen LogP contribution in [0.4, 0.5) is 0 Å². The zero-order valence-corrected chi connectivity index (χ0v) is 11.2. The minimum Gasteiger partial charge on any atom is -0.481 e. The van der Waals surface area contributed by atoms with Crippen molar-refractivity contribution in [1.29, 1.82) is 0 Å². The number of aliphatic hydroxyl groups excluding tert-OH is 1. The number of ether oxygens (including phenoxy) is 1. The molecule has 0 aliphatic heterocycles. The number of aliphatic hydroxyl groups is 1. The predicted molar refractivity (Wildman–Crippen MR) is 66.9 cm³/mol. The molecule has 17 heavy (non-hydrogen) atoms. The number of rotatable bonds is 10. The van der Waals surface area contributed by atoms with Gasteiger partial charge < -0.3 is 14.9 Å². The van der Waals surface area contributed by atoms with Crippen LogP contribution in [0.2, 0.25) is 0 Å². The second kappa shape index (κ2) is 9.42. The normalized spacial score (nSPS) is 14.9. The number of carboxylic acid groups (broad SMARTS) is 1. The van der Waals surface area contributed by atoms with Gasteiger partial charge in [0.05, 0.1) is 18.6 Å². The van der Waals surface area contributed by atoms with E-state index in [0.717, 1.165) is 12.8 Å². The fraction of sp³-hybridized carbons (Fsp3) is 0.923. The van der Waals surface area contributed by atoms with Crippen LogP contribution in [-0.2, 0) is 9.53 Å². The van der Waals surface area contributed by atoms with E-state index < -0.39 is 12.1 Å². The molecule has 2 atom stereocenters. The molecule has 0 aromatic heterocycles. The molecule has 0 aliphatic rings. The molecular formula is C13H26O4. The van der Waals surface area contributed by atoms with Crippen molar-refractivity contribution in [1.82, 2.24) is 0 Å². The molecule has 0 heterocycles. The number of hydrogen-bond acceptors (Lipinski definition) is 3. The van der Waals surface area contributed by atoms with Crippen LogP contribution in [0.25, 0.3) is 0 Å². The van der Waals surface area contributed by atoms with Crippen molar-refractivity contribution >= 4 is 5.97 Å². The fourth-order valence-corrected chi connectivity index (χ4v) is 1.66. The fourth-order valence-electron chi connectivity index (χ4n) is 1.66. The van der Waals surface area contributed by atoms with Gasteiger partial charge in [0.25, 0.3) is 0 Å². The van der Waals surface area contributed by atoms with Gasteiger partial charge in [0.2, 0.25) is 0 Å². The minimum absolute atomic E-state index is 0.0979. The first-order valence-electron chi connectivity index (χ1n) is 6.47. The Hall–Kier alpha value is -0.610. The molecule has 0 saturated carbocycles. The van der Waals surface area contributed by atoms with E-state index >= 15 is 0 Å². The van der Waals surface area contributed by atoms with Crippen molar-refractivity contribution in [2.75, 3.05) is 13.2 Å². The Kier molecular flexibility index (Phi) is 9.09. The van der Waals surface area contributed by atoms with Gasteiger partial charge in [-0.25, -0.2) is 0 Å². The van der Waals surface area contributed by atoms with Crippen molar-refractivity contribution < 1.29 is 19.7 Å². The van der Waals surface area contributed by atoms with Crippen molar-refractivity contribution in [2.24, 2.45) is 11.8 Å². The third-order valence-electron chi connectivity index (χ3n) is 2.89. The number of hydrogen-bond donors (Lipinski definition) is 2. The van der Waals surface area contributed by atoms with Crippen LogP contribution in [0.3, 0.4) is 0 Å². The van der Waals surface area contributed by atoms with Crippen LogP contribution in [0.5, 0.6) is 0 Å². The van der Waals surface area contributed by atoms with Crippen LogP contribution < -0.4 is 0 Å². The summed E-state index contributed by atoms with van der Waals surface area (Å²) in [7, 11) is 0. The largest absolute Gasteiger partial charge is 0.481 e. The molecule has 2 N–H and O–H groups in total. The summed E-state index contributed by atoms with van der Waals surface area (Å²) in [6, 6.07) is 0. The molecule has 4 heteroatoms. The van der Waals surface area contributed by atoms with Crippen LogP contribution in [-0.4, -0.2) is 35.5 Å². The first-order valence-corrected chi connectivity index (χ1v) is 6.47. The molecule has 0 bridgehead atoms. The zero-order valence-electron chi connectivity index (χ0n) is 11.2. The molecule has 0 amide bonds. The Morgan fingerprint density at radius 3 is 2.41 bits per heavy atom. The highest BCUT2D eigenvalue weighted by molar-refractivity contribution is 5.70. The summed E-state index contributed by atoms with van der Waals surface area (Å²) in [6.07, 6.45) is 2.51. The molecular weight excluding hydrogens is 220 g/mol. The molecule has 0 radical (unpaired) electrons. The lowest BCUT2D eigenvalue weighted by Crippen LogP contribution is -2.23. The summed E-state index contributed by atoms with van der Waals surface area (Å²) >= 11 is 0. The van der Waals surface area contributed by atoms with Crippen LogP contribution in [0, 0.1) is 11.8 Å². The van der Waals surface area contributed by atoms with Crippen LogP contribution >= 0.6 is 0 Å². The summed E-state index contributed by atoms with van der Waals surface area (Å²) in [5, 5.41) is 18.6. The molecule has 0 aromatic carbocycles. The smallest absolute Gasteiger partial charge is 0.306 e. The van der Waals surface area contributed by atoms with Gasteiger partial charge >= 0.3 is 5.97 Å². The van der Waals surface area contributed by atoms with Crippen molar-refractivity contribution in [3.8, 4) is 0 Å². The van der Waals surface area contributed by atoms with Gasteiger partial charge in [-0.1, -0.05) is 27.2 Å². The van der Waals surface area contributed by atoms with E-state index in [0.29, 0.717) is 26.1 Å². The lowest BCUT2D eigenvalue weighted by molar-refractivity contribution is -0.143. The third kappa shape index (κ3) is 8.16. The molecule has 102 valence electrons. The van der Waals surface area contributed by atoms with E-state index in [1.165, 1.54) is 0 Å². The second-order valence-electron chi connectivity index (χ2n) is 4.85. The molecule has 0 rings (SSSR count). The Labute approximate surface area is 104 Å².